The van der Waals surface area contributed by atoms with E-state index in [1.165, 1.54) is 3.57 Å². The number of hydrogen-bond donors (Lipinski definition) is 3. The van der Waals surface area contributed by atoms with Crippen LogP contribution in [0.3, 0.4) is 0 Å². The van der Waals surface area contributed by atoms with Crippen LogP contribution in [0.4, 0.5) is 0 Å². The lowest BCUT2D eigenvalue weighted by Crippen LogP contribution is -2.50. The van der Waals surface area contributed by atoms with Crippen molar-refractivity contribution < 1.29 is 4.74 Å². The fourth-order valence-corrected chi connectivity index (χ4v) is 3.47. The number of ether oxygens (including phenoxy) is 1. The van der Waals surface area contributed by atoms with Gasteiger partial charge < -0.3 is 21.5 Å². The number of nitrogens with two attached hydrogens (primary N) is 2. The fraction of sp³-hybridized carbons (Fsp3) is 0.471. The maximum absolute atomic E-state index is 6.64. The van der Waals surface area contributed by atoms with Crippen molar-refractivity contribution in [3.05, 3.63) is 38.6 Å². The van der Waals surface area contributed by atoms with Crippen molar-refractivity contribution in [3.8, 4) is 5.75 Å². The molecule has 0 aliphatic carbocycles. The van der Waals surface area contributed by atoms with Crippen LogP contribution in [0.15, 0.2) is 34.5 Å². The molecule has 0 radical (unpaired) electrons. The van der Waals surface area contributed by atoms with Crippen LogP contribution in [0.5, 0.6) is 5.75 Å². The largest absolute Gasteiger partial charge is 0.496 e. The van der Waals surface area contributed by atoms with Crippen molar-refractivity contribution in [1.29, 1.82) is 0 Å². The van der Waals surface area contributed by atoms with Gasteiger partial charge in [0.25, 0.3) is 0 Å². The number of rotatable bonds is 6. The first-order valence-corrected chi connectivity index (χ1v) is 8.91. The molecule has 0 bridgehead atoms. The summed E-state index contributed by atoms with van der Waals surface area (Å²) in [5.74, 6) is 1.26. The molecular formula is C17H25IN4O. The standard InChI is InChI=1S/C17H25IN4O/c1-4-5-8-17(20)14(11(2)21-16(19)22-17)10-12-9-13(18)6-7-15(12)23-3/h6-7,9H,4-5,8,10,20H2,1-3H3,(H3,19,21,22). The number of hydrogen-bond acceptors (Lipinski definition) is 5. The van der Waals surface area contributed by atoms with Crippen LogP contribution in [0.2, 0.25) is 0 Å². The quantitative estimate of drug-likeness (QED) is 0.609. The maximum Gasteiger partial charge on any atom is 0.195 e. The molecule has 0 saturated carbocycles. The van der Waals surface area contributed by atoms with Crippen molar-refractivity contribution in [2.24, 2.45) is 16.5 Å². The minimum absolute atomic E-state index is 0.388. The third kappa shape index (κ3) is 4.17. The highest BCUT2D eigenvalue weighted by molar-refractivity contribution is 14.1. The van der Waals surface area contributed by atoms with Crippen LogP contribution >= 0.6 is 22.6 Å². The van der Waals surface area contributed by atoms with Crippen LogP contribution in [0.1, 0.15) is 38.7 Å². The molecule has 1 aliphatic rings. The van der Waals surface area contributed by atoms with E-state index in [9.17, 15) is 0 Å². The van der Waals surface area contributed by atoms with Crippen LogP contribution in [0.25, 0.3) is 0 Å². The lowest BCUT2D eigenvalue weighted by molar-refractivity contribution is 0.405. The smallest absolute Gasteiger partial charge is 0.195 e. The van der Waals surface area contributed by atoms with E-state index in [0.29, 0.717) is 12.4 Å². The van der Waals surface area contributed by atoms with Gasteiger partial charge in [0.1, 0.15) is 11.4 Å². The summed E-state index contributed by atoms with van der Waals surface area (Å²) in [4.78, 5) is 4.52. The number of benzene rings is 1. The number of nitrogens with one attached hydrogen (secondary N) is 1. The summed E-state index contributed by atoms with van der Waals surface area (Å²) in [5, 5.41) is 3.12. The van der Waals surface area contributed by atoms with Gasteiger partial charge in [-0.1, -0.05) is 13.3 Å². The van der Waals surface area contributed by atoms with Crippen molar-refractivity contribution in [1.82, 2.24) is 5.32 Å². The Hall–Kier alpha value is -1.28. The van der Waals surface area contributed by atoms with E-state index in [-0.39, 0.29) is 0 Å². The molecule has 5 N–H and O–H groups in total. The molecule has 0 aromatic heterocycles. The summed E-state index contributed by atoms with van der Waals surface area (Å²) in [6.45, 7) is 4.15. The number of guanidine groups is 1. The Balaban J connectivity index is 2.39. The van der Waals surface area contributed by atoms with Gasteiger partial charge in [-0.15, -0.1) is 0 Å². The number of allylic oxidation sites excluding steroid dienone is 1. The molecule has 0 spiro atoms. The Bertz CT molecular complexity index is 641. The molecule has 2 rings (SSSR count). The normalized spacial score (nSPS) is 21.0. The lowest BCUT2D eigenvalue weighted by Gasteiger charge is -2.34. The zero-order valence-electron chi connectivity index (χ0n) is 13.9. The molecular weight excluding hydrogens is 403 g/mol. The van der Waals surface area contributed by atoms with Gasteiger partial charge in [-0.05, 0) is 71.7 Å². The molecule has 126 valence electrons. The van der Waals surface area contributed by atoms with Gasteiger partial charge in [-0.2, -0.15) is 0 Å². The van der Waals surface area contributed by atoms with E-state index >= 15 is 0 Å². The van der Waals surface area contributed by atoms with Crippen LogP contribution in [-0.4, -0.2) is 18.7 Å². The van der Waals surface area contributed by atoms with E-state index in [4.69, 9.17) is 16.2 Å². The van der Waals surface area contributed by atoms with E-state index in [1.54, 1.807) is 7.11 Å². The van der Waals surface area contributed by atoms with Crippen LogP contribution in [-0.2, 0) is 6.42 Å². The Morgan fingerprint density at radius 2 is 2.13 bits per heavy atom. The Kier molecular flexibility index (Phi) is 5.91. The molecule has 6 heteroatoms. The van der Waals surface area contributed by atoms with E-state index in [1.807, 2.05) is 19.1 Å². The second-order valence-corrected chi connectivity index (χ2v) is 7.13. The van der Waals surface area contributed by atoms with Gasteiger partial charge in [0.2, 0.25) is 0 Å². The summed E-state index contributed by atoms with van der Waals surface area (Å²) >= 11 is 2.31. The third-order valence-electron chi connectivity index (χ3n) is 4.13. The molecule has 1 aromatic carbocycles. The van der Waals surface area contributed by atoms with E-state index < -0.39 is 5.66 Å². The average Bonchev–Trinajstić information content (AvgIpc) is 2.49. The first-order chi connectivity index (χ1) is 10.9. The number of unbranched alkanes of at least 4 members (excludes halogenated alkanes) is 1. The minimum Gasteiger partial charge on any atom is -0.496 e. The van der Waals surface area contributed by atoms with Crippen molar-refractivity contribution in [3.63, 3.8) is 0 Å². The second-order valence-electron chi connectivity index (χ2n) is 5.89. The Morgan fingerprint density at radius 3 is 2.78 bits per heavy atom. The molecule has 0 saturated heterocycles. The lowest BCUT2D eigenvalue weighted by atomic mass is 9.87. The minimum atomic E-state index is -0.748. The van der Waals surface area contributed by atoms with Gasteiger partial charge in [-0.3, -0.25) is 0 Å². The molecule has 1 aromatic rings. The topological polar surface area (TPSA) is 85.7 Å². The summed E-state index contributed by atoms with van der Waals surface area (Å²) < 4.78 is 6.67. The molecule has 1 unspecified atom stereocenters. The average molecular weight is 428 g/mol. The fourth-order valence-electron chi connectivity index (χ4n) is 2.92. The Morgan fingerprint density at radius 1 is 1.39 bits per heavy atom. The van der Waals surface area contributed by atoms with Gasteiger partial charge in [0, 0.05) is 15.7 Å². The highest BCUT2D eigenvalue weighted by Gasteiger charge is 2.34. The van der Waals surface area contributed by atoms with E-state index in [0.717, 1.165) is 41.8 Å². The molecule has 23 heavy (non-hydrogen) atoms. The Labute approximate surface area is 151 Å². The number of nitrogens with zero attached hydrogens (tertiary/aromatic N) is 1. The molecule has 5 nitrogen and oxygen atoms in total. The van der Waals surface area contributed by atoms with Gasteiger partial charge in [0.05, 0.1) is 7.11 Å². The molecule has 1 heterocycles. The van der Waals surface area contributed by atoms with Crippen molar-refractivity contribution >= 4 is 28.6 Å². The molecule has 0 fully saturated rings. The number of halogens is 1. The summed E-state index contributed by atoms with van der Waals surface area (Å²) in [7, 11) is 1.69. The predicted molar refractivity (Wildman–Crippen MR) is 103 cm³/mol. The van der Waals surface area contributed by atoms with Crippen molar-refractivity contribution in [2.75, 3.05) is 7.11 Å². The van der Waals surface area contributed by atoms with Crippen LogP contribution < -0.4 is 21.5 Å². The highest BCUT2D eigenvalue weighted by atomic mass is 127. The zero-order chi connectivity index (χ0) is 17.0. The summed E-state index contributed by atoms with van der Waals surface area (Å²) in [6, 6.07) is 6.15. The van der Waals surface area contributed by atoms with E-state index in [2.05, 4.69) is 45.9 Å². The van der Waals surface area contributed by atoms with Gasteiger partial charge in [0.15, 0.2) is 5.96 Å². The maximum atomic E-state index is 6.64. The zero-order valence-corrected chi connectivity index (χ0v) is 16.1. The summed E-state index contributed by atoms with van der Waals surface area (Å²) in [6.07, 6.45) is 3.55. The second kappa shape index (κ2) is 7.53. The number of aliphatic imine (C=N–C) groups is 1. The monoisotopic (exact) mass is 428 g/mol. The molecule has 1 atom stereocenters. The SMILES string of the molecule is CCCCC1(N)N=C(N)NC(C)=C1Cc1cc(I)ccc1OC. The van der Waals surface area contributed by atoms with Gasteiger partial charge in [-0.25, -0.2) is 4.99 Å². The number of methoxy groups -OCH3 is 1. The summed E-state index contributed by atoms with van der Waals surface area (Å²) in [5.41, 5.74) is 15.0. The first kappa shape index (κ1) is 18.1. The highest BCUT2D eigenvalue weighted by Crippen LogP contribution is 2.33. The van der Waals surface area contributed by atoms with Crippen molar-refractivity contribution in [2.45, 2.75) is 45.2 Å². The van der Waals surface area contributed by atoms with Gasteiger partial charge >= 0.3 is 0 Å². The molecule has 1 aliphatic heterocycles. The first-order valence-electron chi connectivity index (χ1n) is 7.83. The molecule has 0 amide bonds. The third-order valence-corrected chi connectivity index (χ3v) is 4.80. The van der Waals surface area contributed by atoms with Crippen LogP contribution in [0, 0.1) is 3.57 Å². The predicted octanol–water partition coefficient (Wildman–Crippen LogP) is 2.88.